The van der Waals surface area contributed by atoms with Crippen LogP contribution >= 0.6 is 11.6 Å². The molecule has 0 amide bonds. The van der Waals surface area contributed by atoms with Gasteiger partial charge in [0.15, 0.2) is 34.1 Å². The molecule has 0 fully saturated rings. The van der Waals surface area contributed by atoms with Crippen LogP contribution in [0.3, 0.4) is 0 Å². The van der Waals surface area contributed by atoms with E-state index in [2.05, 4.69) is 4.98 Å². The van der Waals surface area contributed by atoms with Crippen LogP contribution in [-0.2, 0) is 0 Å². The van der Waals surface area contributed by atoms with Crippen LogP contribution in [0.4, 0.5) is 17.6 Å². The topological polar surface area (TPSA) is 72.2 Å². The maximum atomic E-state index is 14.1. The van der Waals surface area contributed by atoms with Crippen molar-refractivity contribution < 1.29 is 27.5 Å². The van der Waals surface area contributed by atoms with Gasteiger partial charge in [0.05, 0.1) is 11.1 Å². The van der Waals surface area contributed by atoms with Crippen molar-refractivity contribution in [2.24, 2.45) is 0 Å². The Balaban J connectivity index is 2.52. The second-order valence-electron chi connectivity index (χ2n) is 4.87. The van der Waals surface area contributed by atoms with Gasteiger partial charge in [-0.15, -0.1) is 0 Å². The van der Waals surface area contributed by atoms with Crippen LogP contribution in [-0.4, -0.2) is 20.6 Å². The van der Waals surface area contributed by atoms with Crippen LogP contribution in [0.1, 0.15) is 10.4 Å². The smallest absolute Gasteiger partial charge is 0.341 e. The van der Waals surface area contributed by atoms with Crippen molar-refractivity contribution >= 4 is 28.6 Å². The monoisotopic (exact) mass is 372 g/mol. The molecule has 0 spiro atoms. The molecule has 0 saturated heterocycles. The number of carboxylic acids is 1. The molecule has 1 aromatic carbocycles. The van der Waals surface area contributed by atoms with Crippen molar-refractivity contribution in [3.05, 3.63) is 68.6 Å². The van der Waals surface area contributed by atoms with E-state index >= 15 is 0 Å². The Hall–Kier alpha value is -2.94. The summed E-state index contributed by atoms with van der Waals surface area (Å²) in [5.41, 5.74) is -3.00. The molecule has 2 aromatic heterocycles. The highest BCUT2D eigenvalue weighted by Gasteiger charge is 2.22. The third-order valence-corrected chi connectivity index (χ3v) is 3.66. The number of aromatic carboxylic acids is 1. The van der Waals surface area contributed by atoms with E-state index < -0.39 is 62.1 Å². The molecular formula is C15H5ClF4N2O3. The third kappa shape index (κ3) is 2.62. The number of fused-ring (bicyclic) bond motifs is 1. The van der Waals surface area contributed by atoms with Crippen molar-refractivity contribution in [2.45, 2.75) is 0 Å². The fourth-order valence-corrected chi connectivity index (χ4v) is 2.37. The molecule has 128 valence electrons. The number of pyridine rings is 2. The molecule has 0 radical (unpaired) electrons. The lowest BCUT2D eigenvalue weighted by molar-refractivity contribution is 0.0695. The number of hydrogen-bond donors (Lipinski definition) is 1. The summed E-state index contributed by atoms with van der Waals surface area (Å²) >= 11 is 5.55. The quantitative estimate of drug-likeness (QED) is 0.425. The van der Waals surface area contributed by atoms with Gasteiger partial charge in [0.25, 0.3) is 0 Å². The van der Waals surface area contributed by atoms with Gasteiger partial charge in [0, 0.05) is 6.20 Å². The van der Waals surface area contributed by atoms with E-state index in [-0.39, 0.29) is 0 Å². The Morgan fingerprint density at radius 2 is 1.80 bits per heavy atom. The minimum Gasteiger partial charge on any atom is -0.477 e. The highest BCUT2D eigenvalue weighted by atomic mass is 35.5. The average molecular weight is 373 g/mol. The van der Waals surface area contributed by atoms with E-state index in [9.17, 15) is 27.2 Å². The molecule has 0 aliphatic heterocycles. The van der Waals surface area contributed by atoms with Crippen molar-refractivity contribution in [2.75, 3.05) is 0 Å². The molecule has 5 nitrogen and oxygen atoms in total. The summed E-state index contributed by atoms with van der Waals surface area (Å²) in [5, 5.41) is 7.91. The summed E-state index contributed by atoms with van der Waals surface area (Å²) < 4.78 is 55.0. The fraction of sp³-hybridized carbons (Fsp3) is 0. The number of benzene rings is 1. The molecule has 3 rings (SSSR count). The highest BCUT2D eigenvalue weighted by Crippen LogP contribution is 2.24. The first-order valence-electron chi connectivity index (χ1n) is 6.51. The Labute approximate surface area is 140 Å². The molecule has 0 aliphatic rings. The molecule has 0 unspecified atom stereocenters. The summed E-state index contributed by atoms with van der Waals surface area (Å²) in [6.45, 7) is 0. The second-order valence-corrected chi connectivity index (χ2v) is 5.23. The molecule has 10 heteroatoms. The van der Waals surface area contributed by atoms with E-state index in [1.807, 2.05) is 0 Å². The summed E-state index contributed by atoms with van der Waals surface area (Å²) in [6.07, 6.45) is 0.671. The molecule has 1 N–H and O–H groups in total. The first-order valence-corrected chi connectivity index (χ1v) is 6.88. The molecule has 25 heavy (non-hydrogen) atoms. The fourth-order valence-electron chi connectivity index (χ4n) is 2.24. The van der Waals surface area contributed by atoms with Gasteiger partial charge in [0.2, 0.25) is 5.43 Å². The minimum absolute atomic E-state index is 0.425. The number of aromatic nitrogens is 2. The van der Waals surface area contributed by atoms with Crippen LogP contribution < -0.4 is 5.43 Å². The predicted molar refractivity (Wildman–Crippen MR) is 79.1 cm³/mol. The van der Waals surface area contributed by atoms with Gasteiger partial charge in [-0.1, -0.05) is 11.6 Å². The zero-order chi connectivity index (χ0) is 18.5. The normalized spacial score (nSPS) is 11.1. The summed E-state index contributed by atoms with van der Waals surface area (Å²) in [5.74, 6) is -7.72. The van der Waals surface area contributed by atoms with E-state index in [0.717, 1.165) is 6.07 Å². The van der Waals surface area contributed by atoms with Crippen LogP contribution in [0.15, 0.2) is 29.2 Å². The van der Waals surface area contributed by atoms with Crippen LogP contribution in [0.2, 0.25) is 5.15 Å². The van der Waals surface area contributed by atoms with Gasteiger partial charge >= 0.3 is 5.97 Å². The lowest BCUT2D eigenvalue weighted by atomic mass is 10.1. The lowest BCUT2D eigenvalue weighted by Gasteiger charge is -2.13. The Morgan fingerprint density at radius 1 is 1.12 bits per heavy atom. The van der Waals surface area contributed by atoms with Crippen molar-refractivity contribution in [3.63, 3.8) is 0 Å². The number of carboxylic acid groups (broad SMARTS) is 1. The Morgan fingerprint density at radius 3 is 2.44 bits per heavy atom. The molecule has 0 atom stereocenters. The summed E-state index contributed by atoms with van der Waals surface area (Å²) in [6, 6.07) is 2.04. The third-order valence-electron chi connectivity index (χ3n) is 3.39. The number of nitrogens with zero attached hydrogens (tertiary/aromatic N) is 2. The number of halogens is 5. The van der Waals surface area contributed by atoms with E-state index in [1.54, 1.807) is 0 Å². The first-order chi connectivity index (χ1) is 11.7. The van der Waals surface area contributed by atoms with Crippen LogP contribution in [0.25, 0.3) is 16.7 Å². The van der Waals surface area contributed by atoms with Crippen molar-refractivity contribution in [3.8, 4) is 5.69 Å². The molecule has 0 aliphatic carbocycles. The number of carbonyl (C=O) groups is 1. The van der Waals surface area contributed by atoms with Crippen molar-refractivity contribution in [1.82, 2.24) is 9.55 Å². The van der Waals surface area contributed by atoms with Gasteiger partial charge in [-0.3, -0.25) is 9.36 Å². The molecular weight excluding hydrogens is 368 g/mol. The van der Waals surface area contributed by atoms with E-state index in [1.165, 1.54) is 0 Å². The predicted octanol–water partition coefficient (Wildman–Crippen LogP) is 3.29. The second kappa shape index (κ2) is 5.85. The first kappa shape index (κ1) is 16.9. The maximum absolute atomic E-state index is 14.1. The van der Waals surface area contributed by atoms with E-state index in [4.69, 9.17) is 16.7 Å². The average Bonchev–Trinajstić information content (AvgIpc) is 2.55. The minimum atomic E-state index is -1.81. The van der Waals surface area contributed by atoms with Crippen LogP contribution in [0, 0.1) is 23.3 Å². The van der Waals surface area contributed by atoms with Gasteiger partial charge in [0.1, 0.15) is 5.56 Å². The van der Waals surface area contributed by atoms with Gasteiger partial charge in [-0.05, 0) is 18.2 Å². The SMILES string of the molecule is O=C(O)c1cn(-c2ccc(F)c(F)c2F)c2nc(Cl)c(F)cc2c1=O. The summed E-state index contributed by atoms with van der Waals surface area (Å²) in [4.78, 5) is 27.0. The van der Waals surface area contributed by atoms with E-state index in [0.29, 0.717) is 22.9 Å². The lowest BCUT2D eigenvalue weighted by Crippen LogP contribution is -2.20. The van der Waals surface area contributed by atoms with Gasteiger partial charge < -0.3 is 5.11 Å². The standard InChI is InChI=1S/C15H5ClF4N2O3/c16-13-8(18)3-5-12(23)6(15(24)25)4-22(14(5)21-13)9-2-1-7(17)10(19)11(9)20/h1-4H,(H,24,25). The van der Waals surface area contributed by atoms with Gasteiger partial charge in [-0.25, -0.2) is 27.3 Å². The molecule has 0 bridgehead atoms. The number of rotatable bonds is 2. The molecule has 0 saturated carbocycles. The summed E-state index contributed by atoms with van der Waals surface area (Å²) in [7, 11) is 0. The van der Waals surface area contributed by atoms with Crippen molar-refractivity contribution in [1.29, 1.82) is 0 Å². The molecule has 3 aromatic rings. The van der Waals surface area contributed by atoms with Gasteiger partial charge in [-0.2, -0.15) is 0 Å². The number of hydrogen-bond acceptors (Lipinski definition) is 3. The zero-order valence-electron chi connectivity index (χ0n) is 11.9. The van der Waals surface area contributed by atoms with Crippen LogP contribution in [0.5, 0.6) is 0 Å². The largest absolute Gasteiger partial charge is 0.477 e. The zero-order valence-corrected chi connectivity index (χ0v) is 12.6. The highest BCUT2D eigenvalue weighted by molar-refractivity contribution is 6.29. The Bertz CT molecular complexity index is 1110. The maximum Gasteiger partial charge on any atom is 0.341 e. The Kier molecular flexibility index (Phi) is 3.96. The molecule has 2 heterocycles.